The van der Waals surface area contributed by atoms with E-state index in [2.05, 4.69) is 17.0 Å². The number of esters is 2. The van der Waals surface area contributed by atoms with Crippen molar-refractivity contribution < 1.29 is 27.5 Å². The van der Waals surface area contributed by atoms with Crippen molar-refractivity contribution in [2.24, 2.45) is 0 Å². The Bertz CT molecular complexity index is 822. The Labute approximate surface area is 165 Å². The largest absolute Gasteiger partial charge is 0.419 e. The van der Waals surface area contributed by atoms with E-state index in [1.54, 1.807) is 0 Å². The van der Waals surface area contributed by atoms with Crippen molar-refractivity contribution in [1.82, 2.24) is 4.72 Å². The summed E-state index contributed by atoms with van der Waals surface area (Å²) in [7, 11) is -3.57. The Kier molecular flexibility index (Phi) is 7.20. The van der Waals surface area contributed by atoms with E-state index in [0.29, 0.717) is 12.2 Å². The predicted octanol–water partition coefficient (Wildman–Crippen LogP) is 2.68. The van der Waals surface area contributed by atoms with Gasteiger partial charge in [0.2, 0.25) is 10.0 Å². The minimum Gasteiger partial charge on any atom is -0.419 e. The van der Waals surface area contributed by atoms with Gasteiger partial charge in [-0.3, -0.25) is 0 Å². The zero-order valence-electron chi connectivity index (χ0n) is 16.3. The normalized spacial score (nSPS) is 16.3. The van der Waals surface area contributed by atoms with Crippen LogP contribution in [-0.4, -0.2) is 32.7 Å². The quantitative estimate of drug-likeness (QED) is 0.279. The lowest BCUT2D eigenvalue weighted by atomic mass is 10.2. The molecule has 0 saturated carbocycles. The SMILES string of the molecule is CCCCCCNS(=O)(=O)c1ccc(NC=C2C(=O)OC(C)(C)OC2=O)cc1. The number of benzene rings is 1. The number of hydrogen-bond acceptors (Lipinski definition) is 7. The highest BCUT2D eigenvalue weighted by atomic mass is 32.2. The fraction of sp³-hybridized carbons (Fsp3) is 0.474. The Balaban J connectivity index is 1.97. The standard InChI is InChI=1S/C19H26N2O6S/c1-4-5-6-7-12-21-28(24,25)15-10-8-14(9-11-15)20-13-16-17(22)26-19(2,3)27-18(16)23/h8-11,13,20-21H,4-7,12H2,1-3H3. The lowest BCUT2D eigenvalue weighted by Crippen LogP contribution is -2.42. The number of carbonyl (C=O) groups excluding carboxylic acids is 2. The number of anilines is 1. The van der Waals surface area contributed by atoms with Crippen LogP contribution < -0.4 is 10.0 Å². The lowest BCUT2D eigenvalue weighted by molar-refractivity contribution is -0.222. The molecular formula is C19H26N2O6S. The minimum atomic E-state index is -3.57. The van der Waals surface area contributed by atoms with Crippen molar-refractivity contribution in [3.05, 3.63) is 36.0 Å². The van der Waals surface area contributed by atoms with Gasteiger partial charge in [0.15, 0.2) is 5.57 Å². The van der Waals surface area contributed by atoms with Gasteiger partial charge in [0.25, 0.3) is 5.79 Å². The van der Waals surface area contributed by atoms with E-state index in [1.807, 2.05) is 0 Å². The Morgan fingerprint density at radius 1 is 1.00 bits per heavy atom. The van der Waals surface area contributed by atoms with Crippen LogP contribution in [-0.2, 0) is 29.1 Å². The van der Waals surface area contributed by atoms with Crippen LogP contribution in [0.25, 0.3) is 0 Å². The smallest absolute Gasteiger partial charge is 0.350 e. The summed E-state index contributed by atoms with van der Waals surface area (Å²) in [6, 6.07) is 5.95. The summed E-state index contributed by atoms with van der Waals surface area (Å²) in [6.07, 6.45) is 5.12. The van der Waals surface area contributed by atoms with Gasteiger partial charge in [0.1, 0.15) is 0 Å². The second-order valence-corrected chi connectivity index (χ2v) is 8.63. The highest BCUT2D eigenvalue weighted by molar-refractivity contribution is 7.89. The highest BCUT2D eigenvalue weighted by Crippen LogP contribution is 2.23. The van der Waals surface area contributed by atoms with E-state index in [9.17, 15) is 18.0 Å². The lowest BCUT2D eigenvalue weighted by Gasteiger charge is -2.29. The monoisotopic (exact) mass is 410 g/mol. The second kappa shape index (κ2) is 9.20. The van der Waals surface area contributed by atoms with Gasteiger partial charge in [-0.1, -0.05) is 26.2 Å². The molecule has 9 heteroatoms. The average Bonchev–Trinajstić information content (AvgIpc) is 2.60. The van der Waals surface area contributed by atoms with Crippen molar-refractivity contribution >= 4 is 27.6 Å². The van der Waals surface area contributed by atoms with Gasteiger partial charge in [0.05, 0.1) is 4.90 Å². The maximum absolute atomic E-state index is 12.3. The molecule has 1 heterocycles. The third kappa shape index (κ3) is 6.07. The molecule has 0 unspecified atom stereocenters. The molecule has 0 bridgehead atoms. The van der Waals surface area contributed by atoms with Crippen molar-refractivity contribution in [2.75, 3.05) is 11.9 Å². The topological polar surface area (TPSA) is 111 Å². The molecule has 1 aliphatic rings. The number of carbonyl (C=O) groups is 2. The van der Waals surface area contributed by atoms with Gasteiger partial charge in [-0.15, -0.1) is 0 Å². The first kappa shape index (κ1) is 21.9. The van der Waals surface area contributed by atoms with Gasteiger partial charge < -0.3 is 14.8 Å². The van der Waals surface area contributed by atoms with E-state index in [4.69, 9.17) is 9.47 Å². The molecule has 1 saturated heterocycles. The number of unbranched alkanes of at least 4 members (excludes halogenated alkanes) is 3. The van der Waals surface area contributed by atoms with Crippen LogP contribution in [0.2, 0.25) is 0 Å². The Morgan fingerprint density at radius 2 is 1.61 bits per heavy atom. The Morgan fingerprint density at radius 3 is 2.18 bits per heavy atom. The molecule has 1 aliphatic heterocycles. The summed E-state index contributed by atoms with van der Waals surface area (Å²) >= 11 is 0. The first-order valence-electron chi connectivity index (χ1n) is 9.18. The van der Waals surface area contributed by atoms with Crippen LogP contribution in [0.4, 0.5) is 5.69 Å². The van der Waals surface area contributed by atoms with Crippen molar-refractivity contribution in [3.8, 4) is 0 Å². The second-order valence-electron chi connectivity index (χ2n) is 6.86. The number of ether oxygens (including phenoxy) is 2. The average molecular weight is 410 g/mol. The van der Waals surface area contributed by atoms with Crippen molar-refractivity contribution in [2.45, 2.75) is 57.1 Å². The Hall–Kier alpha value is -2.39. The summed E-state index contributed by atoms with van der Waals surface area (Å²) in [6.45, 7) is 5.42. The van der Waals surface area contributed by atoms with Crippen LogP contribution >= 0.6 is 0 Å². The van der Waals surface area contributed by atoms with Crippen LogP contribution in [0.15, 0.2) is 40.9 Å². The van der Waals surface area contributed by atoms with Gasteiger partial charge >= 0.3 is 11.9 Å². The molecule has 0 spiro atoms. The molecule has 0 atom stereocenters. The van der Waals surface area contributed by atoms with E-state index >= 15 is 0 Å². The van der Waals surface area contributed by atoms with Crippen molar-refractivity contribution in [3.63, 3.8) is 0 Å². The van der Waals surface area contributed by atoms with E-state index in [1.165, 1.54) is 44.3 Å². The van der Waals surface area contributed by atoms with Crippen LogP contribution in [0.1, 0.15) is 46.5 Å². The van der Waals surface area contributed by atoms with E-state index in [-0.39, 0.29) is 10.5 Å². The molecule has 1 fully saturated rings. The van der Waals surface area contributed by atoms with Crippen LogP contribution in [0, 0.1) is 0 Å². The third-order valence-corrected chi connectivity index (χ3v) is 5.46. The molecular weight excluding hydrogens is 384 g/mol. The van der Waals surface area contributed by atoms with E-state index in [0.717, 1.165) is 25.7 Å². The summed E-state index contributed by atoms with van der Waals surface area (Å²) in [4.78, 5) is 23.9. The molecule has 0 amide bonds. The fourth-order valence-electron chi connectivity index (χ4n) is 2.51. The van der Waals surface area contributed by atoms with Crippen LogP contribution in [0.3, 0.4) is 0 Å². The zero-order valence-corrected chi connectivity index (χ0v) is 17.1. The molecule has 1 aromatic rings. The van der Waals surface area contributed by atoms with Crippen molar-refractivity contribution in [1.29, 1.82) is 0 Å². The number of cyclic esters (lactones) is 2. The molecule has 154 valence electrons. The molecule has 2 rings (SSSR count). The summed E-state index contributed by atoms with van der Waals surface area (Å²) < 4.78 is 37.1. The highest BCUT2D eigenvalue weighted by Gasteiger charge is 2.38. The summed E-state index contributed by atoms with van der Waals surface area (Å²) in [5.41, 5.74) is 0.226. The van der Waals surface area contributed by atoms with Gasteiger partial charge in [-0.05, 0) is 30.7 Å². The maximum Gasteiger partial charge on any atom is 0.350 e. The third-order valence-electron chi connectivity index (χ3n) is 3.99. The summed E-state index contributed by atoms with van der Waals surface area (Å²) in [5, 5.41) is 2.77. The van der Waals surface area contributed by atoms with Crippen LogP contribution in [0.5, 0.6) is 0 Å². The molecule has 8 nitrogen and oxygen atoms in total. The minimum absolute atomic E-state index is 0.138. The van der Waals surface area contributed by atoms with Gasteiger partial charge in [-0.25, -0.2) is 22.7 Å². The maximum atomic E-state index is 12.3. The molecule has 28 heavy (non-hydrogen) atoms. The molecule has 2 N–H and O–H groups in total. The molecule has 0 aliphatic carbocycles. The number of sulfonamides is 1. The number of nitrogens with one attached hydrogen (secondary N) is 2. The number of rotatable bonds is 9. The summed E-state index contributed by atoms with van der Waals surface area (Å²) in [5.74, 6) is -2.88. The fourth-order valence-corrected chi connectivity index (χ4v) is 3.58. The van der Waals surface area contributed by atoms with Gasteiger partial charge in [-0.2, -0.15) is 0 Å². The molecule has 0 radical (unpaired) electrons. The molecule has 0 aromatic heterocycles. The zero-order chi connectivity index (χ0) is 20.8. The molecule has 1 aromatic carbocycles. The van der Waals surface area contributed by atoms with Gasteiger partial charge in [0, 0.05) is 32.3 Å². The predicted molar refractivity (Wildman–Crippen MR) is 104 cm³/mol. The first-order valence-corrected chi connectivity index (χ1v) is 10.7. The first-order chi connectivity index (χ1) is 13.1. The number of hydrogen-bond donors (Lipinski definition) is 2. The van der Waals surface area contributed by atoms with E-state index < -0.39 is 27.7 Å².